The number of carbonyl (C=O) groups is 5. The molecule has 31 heavy (non-hydrogen) atoms. The summed E-state index contributed by atoms with van der Waals surface area (Å²) in [7, 11) is 0. The normalized spacial score (nSPS) is 27.5. The minimum atomic E-state index is -1.82. The number of aliphatic hydroxyl groups is 1. The fourth-order valence-electron chi connectivity index (χ4n) is 3.65. The third-order valence-corrected chi connectivity index (χ3v) is 4.81. The first kappa shape index (κ1) is 22.4. The second-order valence-electron chi connectivity index (χ2n) is 7.03. The second kappa shape index (κ2) is 8.82. The number of hydrogen-bond acceptors (Lipinski definition) is 10. The van der Waals surface area contributed by atoms with Crippen molar-refractivity contribution in [3.05, 3.63) is 35.4 Å². The maximum Gasteiger partial charge on any atom is 0.303 e. The third kappa shape index (κ3) is 4.42. The summed E-state index contributed by atoms with van der Waals surface area (Å²) in [6.07, 6.45) is -5.90. The number of carbonyl (C=O) groups excluding carboxylic acids is 5. The lowest BCUT2D eigenvalue weighted by Gasteiger charge is -2.45. The lowest BCUT2D eigenvalue weighted by Crippen LogP contribution is -2.67. The van der Waals surface area contributed by atoms with Gasteiger partial charge in [0.1, 0.15) is 18.8 Å². The van der Waals surface area contributed by atoms with Crippen molar-refractivity contribution in [3.63, 3.8) is 0 Å². The van der Waals surface area contributed by atoms with Crippen molar-refractivity contribution in [2.75, 3.05) is 6.61 Å². The van der Waals surface area contributed by atoms with Gasteiger partial charge in [-0.1, -0.05) is 12.1 Å². The van der Waals surface area contributed by atoms with E-state index >= 15 is 0 Å². The Morgan fingerprint density at radius 1 is 0.935 bits per heavy atom. The average molecular weight is 435 g/mol. The van der Waals surface area contributed by atoms with E-state index in [1.807, 2.05) is 0 Å². The molecule has 2 aliphatic rings. The van der Waals surface area contributed by atoms with Gasteiger partial charge in [0.2, 0.25) is 0 Å². The standard InChI is InChI=1S/C20H21NO10/c1-9(22)28-8-14-16(29-10(2)23)17(30-11(3)24)15(20(27)31-14)21-18(25)12-6-4-5-7-13(12)19(21)26/h4-7,14-17,20,27H,8H2,1-3H3. The Balaban J connectivity index is 2.01. The van der Waals surface area contributed by atoms with E-state index < -0.39 is 67.0 Å². The van der Waals surface area contributed by atoms with Crippen molar-refractivity contribution in [3.8, 4) is 0 Å². The Morgan fingerprint density at radius 2 is 1.45 bits per heavy atom. The van der Waals surface area contributed by atoms with Crippen molar-refractivity contribution in [2.24, 2.45) is 0 Å². The number of imide groups is 1. The first-order chi connectivity index (χ1) is 14.6. The quantitative estimate of drug-likeness (QED) is 0.375. The third-order valence-electron chi connectivity index (χ3n) is 4.81. The summed E-state index contributed by atoms with van der Waals surface area (Å²) in [5.74, 6) is -3.72. The van der Waals surface area contributed by atoms with E-state index in [0.717, 1.165) is 25.7 Å². The largest absolute Gasteiger partial charge is 0.463 e. The molecule has 1 fully saturated rings. The predicted molar refractivity (Wildman–Crippen MR) is 99.4 cm³/mol. The fourth-order valence-corrected chi connectivity index (χ4v) is 3.65. The SMILES string of the molecule is CC(=O)OCC1OC(O)C(N2C(=O)c3ccccc3C2=O)C(OC(C)=O)C1OC(C)=O. The van der Waals surface area contributed by atoms with Gasteiger partial charge in [0, 0.05) is 20.8 Å². The molecule has 166 valence electrons. The van der Waals surface area contributed by atoms with Gasteiger partial charge in [-0.2, -0.15) is 0 Å². The zero-order chi connectivity index (χ0) is 22.9. The lowest BCUT2D eigenvalue weighted by atomic mass is 9.95. The number of ether oxygens (including phenoxy) is 4. The molecule has 0 aliphatic carbocycles. The van der Waals surface area contributed by atoms with E-state index in [1.165, 1.54) is 12.1 Å². The molecular weight excluding hydrogens is 414 g/mol. The van der Waals surface area contributed by atoms with E-state index in [1.54, 1.807) is 12.1 Å². The highest BCUT2D eigenvalue weighted by molar-refractivity contribution is 6.21. The first-order valence-electron chi connectivity index (χ1n) is 9.40. The minimum absolute atomic E-state index is 0.104. The lowest BCUT2D eigenvalue weighted by molar-refractivity contribution is -0.272. The van der Waals surface area contributed by atoms with E-state index in [-0.39, 0.29) is 11.1 Å². The van der Waals surface area contributed by atoms with Crippen molar-refractivity contribution in [2.45, 2.75) is 51.4 Å². The number of fused-ring (bicyclic) bond motifs is 1. The summed E-state index contributed by atoms with van der Waals surface area (Å²) in [6, 6.07) is 4.51. The Bertz CT molecular complexity index is 893. The molecule has 2 heterocycles. The van der Waals surface area contributed by atoms with Gasteiger partial charge < -0.3 is 24.1 Å². The van der Waals surface area contributed by atoms with Crippen LogP contribution in [0.5, 0.6) is 0 Å². The Kier molecular flexibility index (Phi) is 6.37. The van der Waals surface area contributed by atoms with Crippen LogP contribution in [0.1, 0.15) is 41.5 Å². The number of benzene rings is 1. The number of aliphatic hydroxyl groups excluding tert-OH is 1. The summed E-state index contributed by atoms with van der Waals surface area (Å²) in [4.78, 5) is 61.3. The van der Waals surface area contributed by atoms with Crippen LogP contribution in [-0.2, 0) is 33.3 Å². The van der Waals surface area contributed by atoms with Gasteiger partial charge in [0.05, 0.1) is 11.1 Å². The van der Waals surface area contributed by atoms with Crippen molar-refractivity contribution < 1.29 is 48.0 Å². The number of hydrogen-bond donors (Lipinski definition) is 1. The van der Waals surface area contributed by atoms with Crippen LogP contribution in [0.25, 0.3) is 0 Å². The molecule has 11 nitrogen and oxygen atoms in total. The molecule has 0 aromatic heterocycles. The molecule has 0 saturated carbocycles. The first-order valence-corrected chi connectivity index (χ1v) is 9.40. The van der Waals surface area contributed by atoms with E-state index in [2.05, 4.69) is 0 Å². The van der Waals surface area contributed by atoms with Gasteiger partial charge in [0.15, 0.2) is 18.5 Å². The molecule has 1 N–H and O–H groups in total. The molecule has 5 unspecified atom stereocenters. The number of esters is 3. The predicted octanol–water partition coefficient (Wildman–Crippen LogP) is -0.205. The Labute approximate surface area is 176 Å². The van der Waals surface area contributed by atoms with E-state index in [9.17, 15) is 29.1 Å². The molecule has 3 rings (SSSR count). The highest BCUT2D eigenvalue weighted by Crippen LogP contribution is 2.34. The van der Waals surface area contributed by atoms with Crippen LogP contribution in [0.4, 0.5) is 0 Å². The summed E-state index contributed by atoms with van der Waals surface area (Å²) < 4.78 is 20.9. The Hall–Kier alpha value is -3.31. The molecular formula is C20H21NO10. The van der Waals surface area contributed by atoms with Crippen LogP contribution >= 0.6 is 0 Å². The smallest absolute Gasteiger partial charge is 0.303 e. The number of rotatable bonds is 5. The molecule has 5 atom stereocenters. The summed E-state index contributed by atoms with van der Waals surface area (Å²) in [6.45, 7) is 2.88. The highest BCUT2D eigenvalue weighted by atomic mass is 16.7. The zero-order valence-electron chi connectivity index (χ0n) is 17.0. The summed E-state index contributed by atoms with van der Waals surface area (Å²) >= 11 is 0. The van der Waals surface area contributed by atoms with Gasteiger partial charge in [-0.15, -0.1) is 0 Å². The topological polar surface area (TPSA) is 146 Å². The van der Waals surface area contributed by atoms with Gasteiger partial charge in [-0.3, -0.25) is 28.9 Å². The summed E-state index contributed by atoms with van der Waals surface area (Å²) in [5, 5.41) is 10.7. The second-order valence-corrected chi connectivity index (χ2v) is 7.03. The van der Waals surface area contributed by atoms with Crippen molar-refractivity contribution in [1.29, 1.82) is 0 Å². The Morgan fingerprint density at radius 3 is 1.94 bits per heavy atom. The van der Waals surface area contributed by atoms with Crippen LogP contribution in [0.2, 0.25) is 0 Å². The van der Waals surface area contributed by atoms with E-state index in [0.29, 0.717) is 0 Å². The molecule has 0 spiro atoms. The molecule has 1 saturated heterocycles. The number of nitrogens with zero attached hydrogens (tertiary/aromatic N) is 1. The molecule has 0 radical (unpaired) electrons. The molecule has 1 aromatic rings. The number of amides is 2. The van der Waals surface area contributed by atoms with E-state index in [4.69, 9.17) is 18.9 Å². The van der Waals surface area contributed by atoms with Crippen LogP contribution in [0.3, 0.4) is 0 Å². The minimum Gasteiger partial charge on any atom is -0.463 e. The van der Waals surface area contributed by atoms with Crippen LogP contribution in [0.15, 0.2) is 24.3 Å². The van der Waals surface area contributed by atoms with Gasteiger partial charge in [0.25, 0.3) is 11.8 Å². The van der Waals surface area contributed by atoms with Crippen LogP contribution < -0.4 is 0 Å². The van der Waals surface area contributed by atoms with Gasteiger partial charge >= 0.3 is 17.9 Å². The highest BCUT2D eigenvalue weighted by Gasteiger charge is 2.56. The summed E-state index contributed by atoms with van der Waals surface area (Å²) in [5.41, 5.74) is 0.208. The molecule has 2 aliphatic heterocycles. The maximum absolute atomic E-state index is 12.9. The molecule has 11 heteroatoms. The molecule has 0 bridgehead atoms. The van der Waals surface area contributed by atoms with Crippen LogP contribution in [-0.4, -0.2) is 77.0 Å². The zero-order valence-corrected chi connectivity index (χ0v) is 17.0. The maximum atomic E-state index is 12.9. The fraction of sp³-hybridized carbons (Fsp3) is 0.450. The van der Waals surface area contributed by atoms with Crippen molar-refractivity contribution in [1.82, 2.24) is 4.90 Å². The monoisotopic (exact) mass is 435 g/mol. The van der Waals surface area contributed by atoms with Crippen LogP contribution in [0, 0.1) is 0 Å². The average Bonchev–Trinajstić information content (AvgIpc) is 2.93. The van der Waals surface area contributed by atoms with Crippen molar-refractivity contribution >= 4 is 29.7 Å². The van der Waals surface area contributed by atoms with Gasteiger partial charge in [-0.05, 0) is 12.1 Å². The van der Waals surface area contributed by atoms with Gasteiger partial charge in [-0.25, -0.2) is 0 Å². The molecule has 2 amide bonds. The molecule has 1 aromatic carbocycles.